The molecule has 0 amide bonds. The van der Waals surface area contributed by atoms with E-state index >= 15 is 0 Å². The number of rotatable bonds is 3. The van der Waals surface area contributed by atoms with Gasteiger partial charge in [-0.25, -0.2) is 4.68 Å². The van der Waals surface area contributed by atoms with E-state index in [4.69, 9.17) is 11.5 Å². The van der Waals surface area contributed by atoms with Crippen LogP contribution in [0.3, 0.4) is 0 Å². The molecule has 1 heterocycles. The minimum Gasteiger partial charge on any atom is -0.382 e. The van der Waals surface area contributed by atoms with Crippen LogP contribution in [-0.4, -0.2) is 21.7 Å². The van der Waals surface area contributed by atoms with Crippen LogP contribution >= 0.6 is 0 Å². The van der Waals surface area contributed by atoms with E-state index < -0.39 is 6.04 Å². The van der Waals surface area contributed by atoms with Crippen molar-refractivity contribution in [3.63, 3.8) is 0 Å². The summed E-state index contributed by atoms with van der Waals surface area (Å²) in [7, 11) is 0. The molecule has 0 fully saturated rings. The van der Waals surface area contributed by atoms with Crippen LogP contribution in [0.5, 0.6) is 0 Å². The fourth-order valence-corrected chi connectivity index (χ4v) is 1.83. The fraction of sp³-hybridized carbons (Fsp3) is 0.231. The topological polar surface area (TPSA) is 86.9 Å². The lowest BCUT2D eigenvalue weighted by Crippen LogP contribution is -2.37. The van der Waals surface area contributed by atoms with E-state index in [2.05, 4.69) is 5.10 Å². The molecule has 0 aliphatic heterocycles. The third kappa shape index (κ3) is 2.57. The highest BCUT2D eigenvalue weighted by atomic mass is 16.2. The highest BCUT2D eigenvalue weighted by molar-refractivity contribution is 5.84. The van der Waals surface area contributed by atoms with Crippen molar-refractivity contribution < 1.29 is 4.79 Å². The standard InChI is InChI=1S/C13H16N4O/c1-9-7-12(15)16-17(9)13(18)11(14)8-10-5-3-2-4-6-10/h2-7,11H,8,14H2,1H3,(H2,15,16)/t11-/m0/s1. The van der Waals surface area contributed by atoms with Crippen molar-refractivity contribution in [3.05, 3.63) is 47.7 Å². The van der Waals surface area contributed by atoms with Crippen molar-refractivity contribution in [1.29, 1.82) is 0 Å². The zero-order valence-corrected chi connectivity index (χ0v) is 10.2. The summed E-state index contributed by atoms with van der Waals surface area (Å²) < 4.78 is 1.27. The first-order chi connectivity index (χ1) is 8.58. The van der Waals surface area contributed by atoms with Crippen molar-refractivity contribution >= 4 is 11.7 Å². The minimum absolute atomic E-state index is 0.243. The van der Waals surface area contributed by atoms with Crippen LogP contribution in [0.25, 0.3) is 0 Å². The maximum atomic E-state index is 12.1. The summed E-state index contributed by atoms with van der Waals surface area (Å²) in [6.07, 6.45) is 0.485. The van der Waals surface area contributed by atoms with Crippen molar-refractivity contribution in [2.45, 2.75) is 19.4 Å². The van der Waals surface area contributed by atoms with Gasteiger partial charge in [0, 0.05) is 11.8 Å². The third-order valence-electron chi connectivity index (χ3n) is 2.73. The fourth-order valence-electron chi connectivity index (χ4n) is 1.83. The molecule has 1 aromatic carbocycles. The molecule has 5 nitrogen and oxygen atoms in total. The molecule has 1 aromatic heterocycles. The first-order valence-corrected chi connectivity index (χ1v) is 5.74. The molecule has 0 saturated heterocycles. The van der Waals surface area contributed by atoms with E-state index in [0.717, 1.165) is 5.56 Å². The number of benzene rings is 1. The van der Waals surface area contributed by atoms with Crippen LogP contribution < -0.4 is 11.5 Å². The largest absolute Gasteiger partial charge is 0.382 e. The summed E-state index contributed by atoms with van der Waals surface area (Å²) in [6, 6.07) is 10.7. The summed E-state index contributed by atoms with van der Waals surface area (Å²) in [5.74, 6) is 0.0841. The van der Waals surface area contributed by atoms with Gasteiger partial charge in [0.2, 0.25) is 0 Å². The number of aromatic nitrogens is 2. The lowest BCUT2D eigenvalue weighted by Gasteiger charge is -2.11. The van der Waals surface area contributed by atoms with Gasteiger partial charge >= 0.3 is 0 Å². The van der Waals surface area contributed by atoms with Crippen molar-refractivity contribution in [2.75, 3.05) is 5.73 Å². The van der Waals surface area contributed by atoms with Gasteiger partial charge in [-0.2, -0.15) is 0 Å². The number of hydrogen-bond donors (Lipinski definition) is 2. The molecule has 0 bridgehead atoms. The molecule has 94 valence electrons. The molecule has 0 aliphatic rings. The highest BCUT2D eigenvalue weighted by Crippen LogP contribution is 2.08. The lowest BCUT2D eigenvalue weighted by atomic mass is 10.1. The minimum atomic E-state index is -0.620. The van der Waals surface area contributed by atoms with Crippen molar-refractivity contribution in [1.82, 2.24) is 9.78 Å². The summed E-state index contributed by atoms with van der Waals surface area (Å²) >= 11 is 0. The molecule has 0 radical (unpaired) electrons. The molecule has 0 aliphatic carbocycles. The molecule has 2 rings (SSSR count). The van der Waals surface area contributed by atoms with Crippen LogP contribution in [0, 0.1) is 6.92 Å². The number of nitrogens with zero attached hydrogens (tertiary/aromatic N) is 2. The maximum Gasteiger partial charge on any atom is 0.264 e. The number of nitrogens with two attached hydrogens (primary N) is 2. The molecular formula is C13H16N4O. The first-order valence-electron chi connectivity index (χ1n) is 5.74. The zero-order valence-electron chi connectivity index (χ0n) is 10.2. The van der Waals surface area contributed by atoms with Crippen LogP contribution in [0.15, 0.2) is 36.4 Å². The Balaban J connectivity index is 2.12. The Kier molecular flexibility index (Phi) is 3.43. The van der Waals surface area contributed by atoms with Gasteiger partial charge in [0.25, 0.3) is 5.91 Å². The van der Waals surface area contributed by atoms with Gasteiger partial charge in [-0.15, -0.1) is 5.10 Å². The summed E-state index contributed by atoms with van der Waals surface area (Å²) in [5, 5.41) is 3.94. The molecule has 0 saturated carbocycles. The van der Waals surface area contributed by atoms with E-state index in [9.17, 15) is 4.79 Å². The monoisotopic (exact) mass is 244 g/mol. The quantitative estimate of drug-likeness (QED) is 0.842. The van der Waals surface area contributed by atoms with Gasteiger partial charge in [0.05, 0.1) is 6.04 Å². The molecule has 2 aromatic rings. The lowest BCUT2D eigenvalue weighted by molar-refractivity contribution is 0.0860. The summed E-state index contributed by atoms with van der Waals surface area (Å²) in [5.41, 5.74) is 13.2. The van der Waals surface area contributed by atoms with E-state index in [1.54, 1.807) is 13.0 Å². The van der Waals surface area contributed by atoms with E-state index in [0.29, 0.717) is 17.9 Å². The maximum absolute atomic E-state index is 12.1. The molecule has 1 atom stereocenters. The zero-order chi connectivity index (χ0) is 13.1. The second-order valence-electron chi connectivity index (χ2n) is 4.26. The number of nitrogen functional groups attached to an aromatic ring is 1. The van der Waals surface area contributed by atoms with Crippen LogP contribution in [0.2, 0.25) is 0 Å². The van der Waals surface area contributed by atoms with Crippen molar-refractivity contribution in [2.24, 2.45) is 5.73 Å². The van der Waals surface area contributed by atoms with Gasteiger partial charge in [-0.1, -0.05) is 30.3 Å². The molecule has 18 heavy (non-hydrogen) atoms. The Hall–Kier alpha value is -2.14. The number of aryl methyl sites for hydroxylation is 1. The molecule has 0 spiro atoms. The van der Waals surface area contributed by atoms with E-state index in [1.165, 1.54) is 4.68 Å². The van der Waals surface area contributed by atoms with Gasteiger partial charge in [-0.05, 0) is 18.9 Å². The Morgan fingerprint density at radius 1 is 1.39 bits per heavy atom. The average molecular weight is 244 g/mol. The predicted molar refractivity (Wildman–Crippen MR) is 70.1 cm³/mol. The normalized spacial score (nSPS) is 12.3. The molecule has 5 heteroatoms. The average Bonchev–Trinajstić information content (AvgIpc) is 2.68. The number of carbonyl (C=O) groups is 1. The highest BCUT2D eigenvalue weighted by Gasteiger charge is 2.18. The Morgan fingerprint density at radius 2 is 2.06 bits per heavy atom. The predicted octanol–water partition coefficient (Wildman–Crippen LogP) is 0.984. The number of hydrogen-bond acceptors (Lipinski definition) is 4. The van der Waals surface area contributed by atoms with Crippen LogP contribution in [0.1, 0.15) is 16.1 Å². The Bertz CT molecular complexity index is 547. The first kappa shape index (κ1) is 12.3. The van der Waals surface area contributed by atoms with E-state index in [-0.39, 0.29) is 5.91 Å². The van der Waals surface area contributed by atoms with Gasteiger partial charge in [0.1, 0.15) is 5.82 Å². The summed E-state index contributed by atoms with van der Waals surface area (Å²) in [4.78, 5) is 12.1. The molecule has 4 N–H and O–H groups in total. The van der Waals surface area contributed by atoms with Gasteiger partial charge < -0.3 is 11.5 Å². The van der Waals surface area contributed by atoms with Crippen molar-refractivity contribution in [3.8, 4) is 0 Å². The molecule has 0 unspecified atom stereocenters. The Morgan fingerprint density at radius 3 is 2.61 bits per heavy atom. The van der Waals surface area contributed by atoms with Crippen LogP contribution in [-0.2, 0) is 6.42 Å². The number of anilines is 1. The second kappa shape index (κ2) is 5.01. The third-order valence-corrected chi connectivity index (χ3v) is 2.73. The second-order valence-corrected chi connectivity index (χ2v) is 4.26. The van der Waals surface area contributed by atoms with E-state index in [1.807, 2.05) is 30.3 Å². The Labute approximate surface area is 105 Å². The van der Waals surface area contributed by atoms with Gasteiger partial charge in [0.15, 0.2) is 0 Å². The summed E-state index contributed by atoms with van der Waals surface area (Å²) in [6.45, 7) is 1.77. The smallest absolute Gasteiger partial charge is 0.264 e. The molecular weight excluding hydrogens is 228 g/mol. The number of carbonyl (C=O) groups excluding carboxylic acids is 1. The SMILES string of the molecule is Cc1cc(N)nn1C(=O)[C@@H](N)Cc1ccccc1. The van der Waals surface area contributed by atoms with Gasteiger partial charge in [-0.3, -0.25) is 4.79 Å². The van der Waals surface area contributed by atoms with Crippen LogP contribution in [0.4, 0.5) is 5.82 Å².